The highest BCUT2D eigenvalue weighted by Crippen LogP contribution is 2.43. The Morgan fingerprint density at radius 2 is 0.591 bits per heavy atom. The molecule has 0 aromatic rings. The zero-order valence-corrected chi connectivity index (χ0v) is 61.4. The third-order valence-electron chi connectivity index (χ3n) is 16.9. The molecule has 0 fully saturated rings. The van der Waals surface area contributed by atoms with E-state index in [0.717, 1.165) is 109 Å². The maximum atomic E-state index is 12.8. The number of hydrogen-bond donors (Lipinski definition) is 2. The first-order valence-electron chi connectivity index (χ1n) is 39.0. The van der Waals surface area contributed by atoms with Crippen LogP contribution < -0.4 is 5.73 Å². The van der Waals surface area contributed by atoms with Gasteiger partial charge < -0.3 is 20.1 Å². The Labute approximate surface area is 574 Å². The second-order valence-electron chi connectivity index (χ2n) is 25.9. The largest absolute Gasteiger partial charge is 0.472 e. The molecule has 0 heterocycles. The molecule has 0 aliphatic carbocycles. The molecular formula is C83H146NO8P. The molecule has 93 heavy (non-hydrogen) atoms. The topological polar surface area (TPSA) is 134 Å². The summed E-state index contributed by atoms with van der Waals surface area (Å²) in [5, 5.41) is 0. The van der Waals surface area contributed by atoms with Crippen molar-refractivity contribution in [1.29, 1.82) is 0 Å². The van der Waals surface area contributed by atoms with Gasteiger partial charge in [-0.1, -0.05) is 379 Å². The second kappa shape index (κ2) is 77.4. The molecule has 10 heteroatoms. The van der Waals surface area contributed by atoms with E-state index in [1.54, 1.807) is 0 Å². The SMILES string of the molecule is CC/C=C\C/C=C\C/C=C\C/C=C\C/C=C\C/C=C\C/C=C\C/C=C\C/C=C\C/C=C\CCCCCCCCCCCCC(=O)OC(COC(=O)CCCCCCCCCCCCCCCCCCCCCCCCCCCCCCCCC)COP(=O)(O)OCCN. The van der Waals surface area contributed by atoms with Gasteiger partial charge in [-0.15, -0.1) is 0 Å². The summed E-state index contributed by atoms with van der Waals surface area (Å²) in [5.41, 5.74) is 5.41. The van der Waals surface area contributed by atoms with E-state index in [1.165, 1.54) is 218 Å². The standard InChI is InChI=1S/C83H146NO8P/c1-3-5-7-9-11-13-15-17-19-21-23-25-27-29-31-33-35-36-37-38-39-40-41-42-43-44-46-48-50-52-54-56-58-60-62-64-66-68-70-72-74-76-83(86)92-81(80-91-93(87,88)90-78-77-84)79-89-82(85)75-73-71-69-67-65-63-61-59-57-55-53-51-49-47-45-34-32-30-28-26-24-22-20-18-16-14-12-10-8-6-4-2/h5,7,11,13,17,19,23,25,29,31,35-36,38-39,41-42,44,46,50,52,81H,3-4,6,8-10,12,14-16,18,20-22,24,26-28,30,32-34,37,40,43,45,47-49,51,53-80,84H2,1-2H3,(H,87,88)/b7-5-,13-11-,19-17-,25-23-,31-29-,36-35-,39-38-,42-41-,46-44-,52-50-. The van der Waals surface area contributed by atoms with E-state index in [-0.39, 0.29) is 38.6 Å². The van der Waals surface area contributed by atoms with Crippen molar-refractivity contribution < 1.29 is 37.6 Å². The monoisotopic (exact) mass is 1320 g/mol. The fourth-order valence-corrected chi connectivity index (χ4v) is 11.9. The van der Waals surface area contributed by atoms with E-state index in [4.69, 9.17) is 24.3 Å². The third kappa shape index (κ3) is 77.3. The van der Waals surface area contributed by atoms with Crippen LogP contribution in [0.25, 0.3) is 0 Å². The van der Waals surface area contributed by atoms with Crippen LogP contribution in [-0.2, 0) is 32.7 Å². The molecule has 0 aliphatic heterocycles. The highest BCUT2D eigenvalue weighted by molar-refractivity contribution is 7.47. The minimum Gasteiger partial charge on any atom is -0.462 e. The summed E-state index contributed by atoms with van der Waals surface area (Å²) in [6.07, 6.45) is 109. The Morgan fingerprint density at radius 3 is 0.882 bits per heavy atom. The minimum absolute atomic E-state index is 0.0497. The molecule has 3 N–H and O–H groups in total. The lowest BCUT2D eigenvalue weighted by Gasteiger charge is -2.19. The lowest BCUT2D eigenvalue weighted by Crippen LogP contribution is -2.29. The van der Waals surface area contributed by atoms with Gasteiger partial charge in [0.25, 0.3) is 0 Å². The van der Waals surface area contributed by atoms with Gasteiger partial charge in [0.2, 0.25) is 0 Å². The molecule has 2 atom stereocenters. The molecule has 2 unspecified atom stereocenters. The number of nitrogens with two attached hydrogens (primary N) is 1. The van der Waals surface area contributed by atoms with Crippen molar-refractivity contribution in [2.45, 2.75) is 367 Å². The molecule has 0 radical (unpaired) electrons. The second-order valence-corrected chi connectivity index (χ2v) is 27.3. The van der Waals surface area contributed by atoms with Crippen molar-refractivity contribution in [3.63, 3.8) is 0 Å². The van der Waals surface area contributed by atoms with Crippen LogP contribution in [0, 0.1) is 0 Å². The third-order valence-corrected chi connectivity index (χ3v) is 17.8. The zero-order chi connectivity index (χ0) is 67.2. The van der Waals surface area contributed by atoms with Gasteiger partial charge in [0.1, 0.15) is 6.61 Å². The number of carbonyl (C=O) groups is 2. The number of hydrogen-bond acceptors (Lipinski definition) is 8. The molecule has 0 saturated carbocycles. The van der Waals surface area contributed by atoms with Crippen LogP contribution >= 0.6 is 7.82 Å². The predicted octanol–water partition coefficient (Wildman–Crippen LogP) is 26.2. The van der Waals surface area contributed by atoms with Crippen LogP contribution in [0.4, 0.5) is 0 Å². The van der Waals surface area contributed by atoms with Crippen LogP contribution in [0.1, 0.15) is 361 Å². The van der Waals surface area contributed by atoms with Crippen LogP contribution in [0.3, 0.4) is 0 Å². The number of unbranched alkanes of at least 4 members (excludes halogenated alkanes) is 40. The number of phosphoric ester groups is 1. The maximum absolute atomic E-state index is 12.8. The number of ether oxygens (including phenoxy) is 2. The van der Waals surface area contributed by atoms with Gasteiger partial charge in [-0.2, -0.15) is 0 Å². The van der Waals surface area contributed by atoms with E-state index in [0.29, 0.717) is 6.42 Å². The first-order valence-corrected chi connectivity index (χ1v) is 40.5. The number of allylic oxidation sites excluding steroid dienone is 20. The van der Waals surface area contributed by atoms with Crippen LogP contribution in [0.2, 0.25) is 0 Å². The highest BCUT2D eigenvalue weighted by atomic mass is 31.2. The molecular weight excluding hydrogens is 1170 g/mol. The molecule has 0 aromatic carbocycles. The molecule has 0 aromatic heterocycles. The summed E-state index contributed by atoms with van der Waals surface area (Å²) in [5.74, 6) is -0.822. The van der Waals surface area contributed by atoms with Gasteiger partial charge in [-0.05, 0) is 89.9 Å². The lowest BCUT2D eigenvalue weighted by molar-refractivity contribution is -0.161. The lowest BCUT2D eigenvalue weighted by atomic mass is 10.0. The van der Waals surface area contributed by atoms with Crippen LogP contribution in [0.5, 0.6) is 0 Å². The van der Waals surface area contributed by atoms with E-state index in [1.807, 2.05) is 0 Å². The minimum atomic E-state index is -4.40. The molecule has 0 amide bonds. The Balaban J connectivity index is 3.87. The van der Waals surface area contributed by atoms with Crippen molar-refractivity contribution in [3.05, 3.63) is 122 Å². The van der Waals surface area contributed by atoms with E-state index >= 15 is 0 Å². The summed E-state index contributed by atoms with van der Waals surface area (Å²) in [4.78, 5) is 35.4. The Kier molecular flexibility index (Phi) is 74.4. The van der Waals surface area contributed by atoms with E-state index in [2.05, 4.69) is 135 Å². The van der Waals surface area contributed by atoms with Gasteiger partial charge >= 0.3 is 19.8 Å². The molecule has 0 spiro atoms. The molecule has 0 rings (SSSR count). The molecule has 0 saturated heterocycles. The summed E-state index contributed by atoms with van der Waals surface area (Å²) < 4.78 is 33.2. The van der Waals surface area contributed by atoms with Crippen LogP contribution in [0.15, 0.2) is 122 Å². The highest BCUT2D eigenvalue weighted by Gasteiger charge is 2.26. The maximum Gasteiger partial charge on any atom is 0.472 e. The predicted molar refractivity (Wildman–Crippen MR) is 404 cm³/mol. The van der Waals surface area contributed by atoms with Crippen LogP contribution in [-0.4, -0.2) is 49.3 Å². The summed E-state index contributed by atoms with van der Waals surface area (Å²) >= 11 is 0. The smallest absolute Gasteiger partial charge is 0.462 e. The Bertz CT molecular complexity index is 1950. The number of rotatable bonds is 73. The Hall–Kier alpha value is -3.59. The average Bonchev–Trinajstić information content (AvgIpc) is 3.49. The van der Waals surface area contributed by atoms with E-state index in [9.17, 15) is 19.0 Å². The summed E-state index contributed by atoms with van der Waals surface area (Å²) in [6.45, 7) is 3.67. The molecule has 0 bridgehead atoms. The van der Waals surface area contributed by atoms with Crippen molar-refractivity contribution in [2.75, 3.05) is 26.4 Å². The molecule has 536 valence electrons. The zero-order valence-electron chi connectivity index (χ0n) is 60.5. The van der Waals surface area contributed by atoms with Gasteiger partial charge in [-0.3, -0.25) is 18.6 Å². The fraction of sp³-hybridized carbons (Fsp3) is 0.735. The van der Waals surface area contributed by atoms with Gasteiger partial charge in [0.05, 0.1) is 13.2 Å². The van der Waals surface area contributed by atoms with Crippen molar-refractivity contribution in [3.8, 4) is 0 Å². The summed E-state index contributed by atoms with van der Waals surface area (Å²) in [6, 6.07) is 0. The first-order chi connectivity index (χ1) is 45.8. The van der Waals surface area contributed by atoms with Gasteiger partial charge in [-0.25, -0.2) is 4.57 Å². The number of esters is 2. The van der Waals surface area contributed by atoms with Crippen molar-refractivity contribution in [1.82, 2.24) is 0 Å². The van der Waals surface area contributed by atoms with E-state index < -0.39 is 26.5 Å². The molecule has 0 aliphatic rings. The summed E-state index contributed by atoms with van der Waals surface area (Å²) in [7, 11) is -4.40. The Morgan fingerprint density at radius 1 is 0.333 bits per heavy atom. The molecule has 9 nitrogen and oxygen atoms in total. The number of carbonyl (C=O) groups excluding carboxylic acids is 2. The fourth-order valence-electron chi connectivity index (χ4n) is 11.1. The van der Waals surface area contributed by atoms with Crippen molar-refractivity contribution in [2.24, 2.45) is 5.73 Å². The first kappa shape index (κ1) is 89.4. The number of phosphoric acid groups is 1. The average molecular weight is 1320 g/mol. The van der Waals surface area contributed by atoms with Gasteiger partial charge in [0.15, 0.2) is 6.10 Å². The van der Waals surface area contributed by atoms with Gasteiger partial charge in [0, 0.05) is 19.4 Å². The van der Waals surface area contributed by atoms with Crippen molar-refractivity contribution >= 4 is 19.8 Å². The quantitative estimate of drug-likeness (QED) is 0.0264. The normalized spacial score (nSPS) is 13.5.